The van der Waals surface area contributed by atoms with Gasteiger partial charge in [-0.05, 0) is 56.7 Å². The SMILES string of the molecule is C[C@@H]1CC[C@@H]2C(C1)c1c(c3ccccc3c3nc4ccc(C(N)=O)cc4nc13)OC2(C)C. The second kappa shape index (κ2) is 6.64. The zero-order chi connectivity index (χ0) is 22.2. The third-order valence-corrected chi connectivity index (χ3v) is 7.62. The number of nitrogens with zero attached hydrogens (tertiary/aromatic N) is 2. The maximum atomic E-state index is 11.8. The van der Waals surface area contributed by atoms with Crippen molar-refractivity contribution in [2.75, 3.05) is 0 Å². The molecule has 2 N–H and O–H groups in total. The van der Waals surface area contributed by atoms with Gasteiger partial charge in [0.2, 0.25) is 5.91 Å². The molecule has 0 radical (unpaired) electrons. The molecule has 32 heavy (non-hydrogen) atoms. The Bertz CT molecular complexity index is 1430. The molecular formula is C27H27N3O2. The van der Waals surface area contributed by atoms with Crippen LogP contribution in [0.5, 0.6) is 5.75 Å². The molecule has 5 nitrogen and oxygen atoms in total. The molecule has 0 spiro atoms. The van der Waals surface area contributed by atoms with E-state index in [4.69, 9.17) is 20.4 Å². The number of carbonyl (C=O) groups excluding carboxylic acids is 1. The van der Waals surface area contributed by atoms with E-state index in [-0.39, 0.29) is 5.60 Å². The van der Waals surface area contributed by atoms with Gasteiger partial charge in [0.25, 0.3) is 0 Å². The maximum absolute atomic E-state index is 11.8. The Kier molecular flexibility index (Phi) is 4.04. The van der Waals surface area contributed by atoms with Crippen LogP contribution in [0.15, 0.2) is 42.5 Å². The molecule has 3 atom stereocenters. The number of ether oxygens (including phenoxy) is 1. The van der Waals surface area contributed by atoms with Crippen LogP contribution in [0.1, 0.15) is 61.9 Å². The molecule has 1 aliphatic carbocycles. The maximum Gasteiger partial charge on any atom is 0.248 e. The van der Waals surface area contributed by atoms with Crippen molar-refractivity contribution >= 4 is 38.7 Å². The summed E-state index contributed by atoms with van der Waals surface area (Å²) in [6, 6.07) is 13.6. The predicted octanol–water partition coefficient (Wildman–Crippen LogP) is 5.73. The minimum atomic E-state index is -0.458. The van der Waals surface area contributed by atoms with Gasteiger partial charge in [-0.1, -0.05) is 37.6 Å². The molecule has 162 valence electrons. The lowest BCUT2D eigenvalue weighted by molar-refractivity contribution is -0.0115. The Morgan fingerprint density at radius 2 is 1.78 bits per heavy atom. The van der Waals surface area contributed by atoms with E-state index in [1.54, 1.807) is 12.1 Å². The van der Waals surface area contributed by atoms with Crippen molar-refractivity contribution in [2.45, 2.75) is 51.6 Å². The molecule has 6 rings (SSSR count). The van der Waals surface area contributed by atoms with Gasteiger partial charge in [0.15, 0.2) is 0 Å². The van der Waals surface area contributed by atoms with Crippen molar-refractivity contribution in [2.24, 2.45) is 17.6 Å². The van der Waals surface area contributed by atoms with Gasteiger partial charge in [-0.15, -0.1) is 0 Å². The standard InChI is InChI=1S/C27H27N3O2/c1-14-8-10-19-18(12-14)22-24-23(29-20-11-9-15(26(28)31)13-21(20)30-24)16-6-4-5-7-17(16)25(22)32-27(19,2)3/h4-7,9,11,13-14,18-19H,8,10,12H2,1-3H3,(H2,28,31)/t14-,18?,19-/m1/s1. The highest BCUT2D eigenvalue weighted by Crippen LogP contribution is 2.56. The lowest BCUT2D eigenvalue weighted by Gasteiger charge is -2.49. The topological polar surface area (TPSA) is 78.1 Å². The smallest absolute Gasteiger partial charge is 0.248 e. The first-order valence-corrected chi connectivity index (χ1v) is 11.5. The number of aromatic nitrogens is 2. The molecule has 4 aromatic rings. The minimum absolute atomic E-state index is 0.238. The van der Waals surface area contributed by atoms with Gasteiger partial charge in [-0.3, -0.25) is 4.79 Å². The summed E-state index contributed by atoms with van der Waals surface area (Å²) in [6.07, 6.45) is 3.50. The second-order valence-corrected chi connectivity index (χ2v) is 10.1. The first-order chi connectivity index (χ1) is 15.3. The lowest BCUT2D eigenvalue weighted by atomic mass is 9.64. The summed E-state index contributed by atoms with van der Waals surface area (Å²) in [6.45, 7) is 6.81. The Morgan fingerprint density at radius 3 is 2.56 bits per heavy atom. The van der Waals surface area contributed by atoms with Crippen molar-refractivity contribution < 1.29 is 9.53 Å². The monoisotopic (exact) mass is 425 g/mol. The van der Waals surface area contributed by atoms with Gasteiger partial charge in [-0.25, -0.2) is 9.97 Å². The molecule has 1 amide bonds. The molecule has 2 heterocycles. The van der Waals surface area contributed by atoms with Crippen LogP contribution >= 0.6 is 0 Å². The molecule has 2 aliphatic rings. The number of rotatable bonds is 1. The second-order valence-electron chi connectivity index (χ2n) is 10.1. The van der Waals surface area contributed by atoms with Crippen LogP contribution in [0.3, 0.4) is 0 Å². The van der Waals surface area contributed by atoms with Gasteiger partial charge in [0.05, 0.1) is 22.1 Å². The first-order valence-electron chi connectivity index (χ1n) is 11.5. The van der Waals surface area contributed by atoms with E-state index in [1.807, 2.05) is 12.1 Å². The number of nitrogens with two attached hydrogens (primary N) is 1. The van der Waals surface area contributed by atoms with Crippen molar-refractivity contribution in [1.29, 1.82) is 0 Å². The van der Waals surface area contributed by atoms with Crippen LogP contribution in [0, 0.1) is 11.8 Å². The van der Waals surface area contributed by atoms with E-state index >= 15 is 0 Å². The van der Waals surface area contributed by atoms with Crippen LogP contribution in [0.25, 0.3) is 32.8 Å². The highest BCUT2D eigenvalue weighted by atomic mass is 16.5. The summed E-state index contributed by atoms with van der Waals surface area (Å²) in [7, 11) is 0. The van der Waals surface area contributed by atoms with Crippen LogP contribution in [-0.4, -0.2) is 21.5 Å². The van der Waals surface area contributed by atoms with Crippen molar-refractivity contribution in [1.82, 2.24) is 9.97 Å². The third kappa shape index (κ3) is 2.73. The molecule has 5 heteroatoms. The minimum Gasteiger partial charge on any atom is -0.487 e. The zero-order valence-electron chi connectivity index (χ0n) is 18.7. The first kappa shape index (κ1) is 19.5. The molecule has 1 aromatic heterocycles. The number of benzene rings is 3. The molecule has 3 aromatic carbocycles. The Morgan fingerprint density at radius 1 is 1.03 bits per heavy atom. The molecule has 0 saturated heterocycles. The molecule has 0 bridgehead atoms. The van der Waals surface area contributed by atoms with Crippen LogP contribution in [-0.2, 0) is 0 Å². The normalized spacial score (nSPS) is 24.2. The van der Waals surface area contributed by atoms with Gasteiger partial charge >= 0.3 is 0 Å². The van der Waals surface area contributed by atoms with Gasteiger partial charge < -0.3 is 10.5 Å². The summed E-state index contributed by atoms with van der Waals surface area (Å²) >= 11 is 0. The molecule has 1 aliphatic heterocycles. The summed E-state index contributed by atoms with van der Waals surface area (Å²) in [4.78, 5) is 21.9. The van der Waals surface area contributed by atoms with E-state index in [0.717, 1.165) is 45.9 Å². The summed E-state index contributed by atoms with van der Waals surface area (Å²) < 4.78 is 6.78. The Labute approximate surface area is 187 Å². The third-order valence-electron chi connectivity index (χ3n) is 7.62. The molecule has 1 fully saturated rings. The van der Waals surface area contributed by atoms with E-state index in [0.29, 0.717) is 28.8 Å². The average Bonchev–Trinajstić information content (AvgIpc) is 2.77. The summed E-state index contributed by atoms with van der Waals surface area (Å²) in [5, 5.41) is 2.15. The lowest BCUT2D eigenvalue weighted by Crippen LogP contribution is -2.46. The summed E-state index contributed by atoms with van der Waals surface area (Å²) in [5.74, 6) is 1.96. The largest absolute Gasteiger partial charge is 0.487 e. The Hall–Kier alpha value is -3.21. The van der Waals surface area contributed by atoms with Gasteiger partial charge in [0.1, 0.15) is 11.4 Å². The number of carbonyl (C=O) groups is 1. The van der Waals surface area contributed by atoms with Crippen molar-refractivity contribution in [3.63, 3.8) is 0 Å². The van der Waals surface area contributed by atoms with Gasteiger partial charge in [0, 0.05) is 27.8 Å². The van der Waals surface area contributed by atoms with E-state index in [2.05, 4.69) is 39.0 Å². The highest BCUT2D eigenvalue weighted by molar-refractivity contribution is 6.11. The molecule has 1 unspecified atom stereocenters. The summed E-state index contributed by atoms with van der Waals surface area (Å²) in [5.41, 5.74) is 10.2. The van der Waals surface area contributed by atoms with E-state index in [9.17, 15) is 4.79 Å². The van der Waals surface area contributed by atoms with E-state index < -0.39 is 5.91 Å². The van der Waals surface area contributed by atoms with Crippen LogP contribution in [0.2, 0.25) is 0 Å². The zero-order valence-corrected chi connectivity index (χ0v) is 18.7. The average molecular weight is 426 g/mol. The number of hydrogen-bond acceptors (Lipinski definition) is 4. The van der Waals surface area contributed by atoms with Crippen molar-refractivity contribution in [3.05, 3.63) is 53.6 Å². The highest BCUT2D eigenvalue weighted by Gasteiger charge is 2.47. The fraction of sp³-hybridized carbons (Fsp3) is 0.370. The number of primary amides is 1. The quantitative estimate of drug-likeness (QED) is 0.312. The van der Waals surface area contributed by atoms with Crippen LogP contribution < -0.4 is 10.5 Å². The van der Waals surface area contributed by atoms with Crippen LogP contribution in [0.4, 0.5) is 0 Å². The Balaban J connectivity index is 1.75. The number of fused-ring (bicyclic) bond motifs is 9. The predicted molar refractivity (Wildman–Crippen MR) is 127 cm³/mol. The van der Waals surface area contributed by atoms with Gasteiger partial charge in [-0.2, -0.15) is 0 Å². The number of hydrogen-bond donors (Lipinski definition) is 1. The molecule has 1 saturated carbocycles. The fourth-order valence-electron chi connectivity index (χ4n) is 6.05. The molecular weight excluding hydrogens is 398 g/mol. The van der Waals surface area contributed by atoms with E-state index in [1.165, 1.54) is 12.0 Å². The number of amides is 1. The van der Waals surface area contributed by atoms with Crippen molar-refractivity contribution in [3.8, 4) is 5.75 Å². The fourth-order valence-corrected chi connectivity index (χ4v) is 6.05.